The first-order chi connectivity index (χ1) is 8.08. The van der Waals surface area contributed by atoms with Crippen molar-refractivity contribution in [3.05, 3.63) is 15.6 Å². The average Bonchev–Trinajstić information content (AvgIpc) is 2.73. The molecule has 1 aliphatic carbocycles. The number of nitrogens with zero attached hydrogens (tertiary/aromatic N) is 1. The second-order valence-corrected chi connectivity index (χ2v) is 6.81. The lowest BCUT2D eigenvalue weighted by molar-refractivity contribution is 0.619. The zero-order valence-electron chi connectivity index (χ0n) is 11.5. The van der Waals surface area contributed by atoms with Crippen LogP contribution >= 0.6 is 11.3 Å². The van der Waals surface area contributed by atoms with Gasteiger partial charge in [0.15, 0.2) is 0 Å². The van der Waals surface area contributed by atoms with Gasteiger partial charge in [-0.3, -0.25) is 0 Å². The Morgan fingerprint density at radius 2 is 2.12 bits per heavy atom. The Bertz CT molecular complexity index is 382. The normalized spacial score (nSPS) is 21.8. The van der Waals surface area contributed by atoms with Crippen LogP contribution in [0.3, 0.4) is 0 Å². The summed E-state index contributed by atoms with van der Waals surface area (Å²) in [5.74, 6) is 0.721. The van der Waals surface area contributed by atoms with Crippen molar-refractivity contribution in [2.75, 3.05) is 6.54 Å². The average molecular weight is 252 g/mol. The minimum Gasteiger partial charge on any atom is -0.312 e. The summed E-state index contributed by atoms with van der Waals surface area (Å²) in [6.45, 7) is 11.1. The first kappa shape index (κ1) is 13.0. The number of rotatable bonds is 6. The maximum absolute atomic E-state index is 4.89. The number of aryl methyl sites for hydroxylation is 1. The van der Waals surface area contributed by atoms with Crippen LogP contribution < -0.4 is 5.32 Å². The van der Waals surface area contributed by atoms with E-state index >= 15 is 0 Å². The maximum atomic E-state index is 4.89. The fraction of sp³-hybridized carbons (Fsp3) is 0.786. The summed E-state index contributed by atoms with van der Waals surface area (Å²) in [4.78, 5) is 6.35. The zero-order chi connectivity index (χ0) is 12.5. The molecule has 2 rings (SSSR count). The summed E-state index contributed by atoms with van der Waals surface area (Å²) in [6, 6.07) is 0. The molecular weight excluding hydrogens is 228 g/mol. The second kappa shape index (κ2) is 5.07. The highest BCUT2D eigenvalue weighted by atomic mass is 32.1. The predicted octanol–water partition coefficient (Wildman–Crippen LogP) is 3.72. The van der Waals surface area contributed by atoms with Crippen molar-refractivity contribution in [1.82, 2.24) is 10.3 Å². The van der Waals surface area contributed by atoms with Gasteiger partial charge in [-0.15, -0.1) is 11.3 Å². The molecule has 1 heterocycles. The molecule has 0 spiro atoms. The number of aromatic nitrogens is 1. The largest absolute Gasteiger partial charge is 0.312 e. The van der Waals surface area contributed by atoms with E-state index in [9.17, 15) is 0 Å². The minimum atomic E-state index is 0.497. The van der Waals surface area contributed by atoms with E-state index in [1.165, 1.54) is 28.4 Å². The second-order valence-electron chi connectivity index (χ2n) is 5.70. The van der Waals surface area contributed by atoms with Gasteiger partial charge in [0.2, 0.25) is 0 Å². The van der Waals surface area contributed by atoms with Crippen LogP contribution in [0.5, 0.6) is 0 Å². The molecule has 1 aromatic heterocycles. The smallest absolute Gasteiger partial charge is 0.0968 e. The third-order valence-corrected chi connectivity index (χ3v) is 4.84. The van der Waals surface area contributed by atoms with Gasteiger partial charge in [-0.25, -0.2) is 4.98 Å². The van der Waals surface area contributed by atoms with Crippen LogP contribution in [0.25, 0.3) is 0 Å². The molecule has 0 radical (unpaired) electrons. The number of nitrogens with one attached hydrogen (secondary N) is 1. The summed E-state index contributed by atoms with van der Waals surface area (Å²) in [6.07, 6.45) is 3.63. The SMILES string of the molecule is CCCc1nc(C2CC2(C)C)sc1CNCC. The first-order valence-electron chi connectivity index (χ1n) is 6.77. The van der Waals surface area contributed by atoms with E-state index in [0.29, 0.717) is 5.41 Å². The Hall–Kier alpha value is -0.410. The van der Waals surface area contributed by atoms with Gasteiger partial charge in [0.25, 0.3) is 0 Å². The highest BCUT2D eigenvalue weighted by molar-refractivity contribution is 7.11. The Kier molecular flexibility index (Phi) is 3.88. The lowest BCUT2D eigenvalue weighted by Crippen LogP contribution is -2.11. The van der Waals surface area contributed by atoms with Crippen molar-refractivity contribution in [2.24, 2.45) is 5.41 Å². The first-order valence-corrected chi connectivity index (χ1v) is 7.59. The summed E-state index contributed by atoms with van der Waals surface area (Å²) in [5, 5.41) is 4.81. The molecular formula is C14H24N2S. The highest BCUT2D eigenvalue weighted by Gasteiger charge is 2.48. The van der Waals surface area contributed by atoms with Gasteiger partial charge in [-0.05, 0) is 24.8 Å². The van der Waals surface area contributed by atoms with Crippen molar-refractivity contribution in [1.29, 1.82) is 0 Å². The van der Waals surface area contributed by atoms with E-state index < -0.39 is 0 Å². The van der Waals surface area contributed by atoms with Crippen LogP contribution in [0.1, 0.15) is 62.0 Å². The summed E-state index contributed by atoms with van der Waals surface area (Å²) < 4.78 is 0. The van der Waals surface area contributed by atoms with Gasteiger partial charge in [0.05, 0.1) is 10.7 Å². The molecule has 96 valence electrons. The van der Waals surface area contributed by atoms with Crippen LogP contribution in [0, 0.1) is 5.41 Å². The quantitative estimate of drug-likeness (QED) is 0.834. The summed E-state index contributed by atoms with van der Waals surface area (Å²) in [5.41, 5.74) is 1.84. The fourth-order valence-electron chi connectivity index (χ4n) is 2.25. The summed E-state index contributed by atoms with van der Waals surface area (Å²) >= 11 is 1.94. The molecule has 1 fully saturated rings. The zero-order valence-corrected chi connectivity index (χ0v) is 12.3. The molecule has 0 amide bonds. The third-order valence-electron chi connectivity index (χ3n) is 3.63. The Balaban J connectivity index is 2.13. The van der Waals surface area contributed by atoms with E-state index in [2.05, 4.69) is 33.0 Å². The van der Waals surface area contributed by atoms with Gasteiger partial charge in [-0.2, -0.15) is 0 Å². The van der Waals surface area contributed by atoms with E-state index in [4.69, 9.17) is 4.98 Å². The molecule has 1 unspecified atom stereocenters. The van der Waals surface area contributed by atoms with Crippen molar-refractivity contribution in [3.63, 3.8) is 0 Å². The molecule has 0 aromatic carbocycles. The van der Waals surface area contributed by atoms with Crippen LogP contribution in [-0.4, -0.2) is 11.5 Å². The fourth-order valence-corrected chi connectivity index (χ4v) is 3.64. The molecule has 0 saturated heterocycles. The minimum absolute atomic E-state index is 0.497. The van der Waals surface area contributed by atoms with E-state index in [0.717, 1.165) is 25.4 Å². The van der Waals surface area contributed by atoms with Crippen LogP contribution in [0.4, 0.5) is 0 Å². The molecule has 0 bridgehead atoms. The number of hydrogen-bond acceptors (Lipinski definition) is 3. The van der Waals surface area contributed by atoms with Gasteiger partial charge in [0, 0.05) is 17.3 Å². The summed E-state index contributed by atoms with van der Waals surface area (Å²) in [7, 11) is 0. The number of thiazole rings is 1. The van der Waals surface area contributed by atoms with Crippen LogP contribution in [0.15, 0.2) is 0 Å². The molecule has 17 heavy (non-hydrogen) atoms. The molecule has 1 saturated carbocycles. The molecule has 1 aliphatic rings. The lowest BCUT2D eigenvalue weighted by Gasteiger charge is -2.00. The van der Waals surface area contributed by atoms with Crippen LogP contribution in [-0.2, 0) is 13.0 Å². The van der Waals surface area contributed by atoms with Gasteiger partial charge < -0.3 is 5.32 Å². The van der Waals surface area contributed by atoms with E-state index in [1.807, 2.05) is 11.3 Å². The van der Waals surface area contributed by atoms with Crippen LogP contribution in [0.2, 0.25) is 0 Å². The van der Waals surface area contributed by atoms with Gasteiger partial charge in [-0.1, -0.05) is 34.1 Å². The molecule has 2 nitrogen and oxygen atoms in total. The Morgan fingerprint density at radius 3 is 2.65 bits per heavy atom. The maximum Gasteiger partial charge on any atom is 0.0968 e. The topological polar surface area (TPSA) is 24.9 Å². The van der Waals surface area contributed by atoms with E-state index in [-0.39, 0.29) is 0 Å². The highest BCUT2D eigenvalue weighted by Crippen LogP contribution is 2.59. The molecule has 3 heteroatoms. The third kappa shape index (κ3) is 2.89. The van der Waals surface area contributed by atoms with Crippen molar-refractivity contribution >= 4 is 11.3 Å². The van der Waals surface area contributed by atoms with E-state index in [1.54, 1.807) is 0 Å². The molecule has 1 N–H and O–H groups in total. The number of hydrogen-bond donors (Lipinski definition) is 1. The molecule has 0 aliphatic heterocycles. The van der Waals surface area contributed by atoms with Gasteiger partial charge >= 0.3 is 0 Å². The molecule has 1 aromatic rings. The lowest BCUT2D eigenvalue weighted by atomic mass is 10.1. The Labute approximate surface area is 109 Å². The monoisotopic (exact) mass is 252 g/mol. The predicted molar refractivity (Wildman–Crippen MR) is 74.6 cm³/mol. The molecule has 1 atom stereocenters. The van der Waals surface area contributed by atoms with Crippen molar-refractivity contribution in [2.45, 2.75) is 59.4 Å². The van der Waals surface area contributed by atoms with Gasteiger partial charge in [0.1, 0.15) is 0 Å². The standard InChI is InChI=1S/C14H24N2S/c1-5-7-11-12(9-15-6-2)17-13(16-11)10-8-14(10,3)4/h10,15H,5-9H2,1-4H3. The Morgan fingerprint density at radius 1 is 1.41 bits per heavy atom. The van der Waals surface area contributed by atoms with Crippen molar-refractivity contribution in [3.8, 4) is 0 Å². The van der Waals surface area contributed by atoms with Crippen molar-refractivity contribution < 1.29 is 0 Å².